The van der Waals surface area contributed by atoms with Gasteiger partial charge in [-0.1, -0.05) is 30.3 Å². The first-order chi connectivity index (χ1) is 13.2. The number of nitrogens with zero attached hydrogens (tertiary/aromatic N) is 3. The summed E-state index contributed by atoms with van der Waals surface area (Å²) in [4.78, 5) is 17.3. The summed E-state index contributed by atoms with van der Waals surface area (Å²) in [5.74, 6) is 0.779. The van der Waals surface area contributed by atoms with Crippen LogP contribution in [0.2, 0.25) is 0 Å². The molecule has 2 saturated heterocycles. The molecule has 5 heteroatoms. The summed E-state index contributed by atoms with van der Waals surface area (Å²) in [5, 5.41) is 7.56. The van der Waals surface area contributed by atoms with E-state index in [1.807, 2.05) is 6.20 Å². The summed E-state index contributed by atoms with van der Waals surface area (Å²) < 4.78 is 0. The molecule has 1 amide bonds. The molecule has 0 spiro atoms. The lowest BCUT2D eigenvalue weighted by Gasteiger charge is -2.35. The van der Waals surface area contributed by atoms with Crippen molar-refractivity contribution in [2.45, 2.75) is 51.0 Å². The Bertz CT molecular complexity index is 743. The molecule has 1 unspecified atom stereocenters. The second-order valence-electron chi connectivity index (χ2n) is 7.99. The predicted molar refractivity (Wildman–Crippen MR) is 107 cm³/mol. The minimum absolute atomic E-state index is 0.0323. The first kappa shape index (κ1) is 18.2. The van der Waals surface area contributed by atoms with Gasteiger partial charge in [0.15, 0.2) is 0 Å². The first-order valence-corrected chi connectivity index (χ1v) is 10.3. The van der Waals surface area contributed by atoms with Crippen molar-refractivity contribution in [1.82, 2.24) is 20.0 Å². The van der Waals surface area contributed by atoms with Gasteiger partial charge in [0.2, 0.25) is 5.91 Å². The molecule has 1 aromatic heterocycles. The molecule has 5 nitrogen and oxygen atoms in total. The fourth-order valence-electron chi connectivity index (χ4n) is 4.57. The molecule has 4 rings (SSSR count). The summed E-state index contributed by atoms with van der Waals surface area (Å²) in [5.41, 5.74) is 3.86. The largest absolute Gasteiger partial charge is 0.341 e. The van der Waals surface area contributed by atoms with Crippen LogP contribution in [-0.4, -0.2) is 58.1 Å². The van der Waals surface area contributed by atoms with Crippen molar-refractivity contribution in [2.75, 3.05) is 26.2 Å². The van der Waals surface area contributed by atoms with Crippen molar-refractivity contribution < 1.29 is 4.79 Å². The van der Waals surface area contributed by atoms with E-state index >= 15 is 0 Å². The summed E-state index contributed by atoms with van der Waals surface area (Å²) in [6.07, 6.45) is 7.37. The Morgan fingerprint density at radius 2 is 1.85 bits per heavy atom. The average Bonchev–Trinajstić information content (AvgIpc) is 3.40. The number of rotatable bonds is 5. The zero-order valence-electron chi connectivity index (χ0n) is 16.2. The third-order valence-corrected chi connectivity index (χ3v) is 6.25. The topological polar surface area (TPSA) is 52.2 Å². The van der Waals surface area contributed by atoms with Crippen LogP contribution in [-0.2, 0) is 11.2 Å². The Kier molecular flexibility index (Phi) is 5.58. The second kappa shape index (κ2) is 8.26. The number of carbonyl (C=O) groups excluding carboxylic acids is 1. The van der Waals surface area contributed by atoms with Gasteiger partial charge in [-0.05, 0) is 56.8 Å². The highest BCUT2D eigenvalue weighted by Crippen LogP contribution is 2.30. The normalized spacial score (nSPS) is 20.1. The third kappa shape index (κ3) is 4.08. The number of hydrogen-bond acceptors (Lipinski definition) is 3. The van der Waals surface area contributed by atoms with Crippen LogP contribution in [0.3, 0.4) is 0 Å². The molecular formula is C22H30N4O. The first-order valence-electron chi connectivity index (χ1n) is 10.3. The number of nitrogens with one attached hydrogen (secondary N) is 1. The van der Waals surface area contributed by atoms with Crippen LogP contribution in [0.25, 0.3) is 0 Å². The Labute approximate surface area is 161 Å². The molecule has 1 N–H and O–H groups in total. The van der Waals surface area contributed by atoms with Gasteiger partial charge in [-0.25, -0.2) is 0 Å². The van der Waals surface area contributed by atoms with Crippen molar-refractivity contribution in [2.24, 2.45) is 0 Å². The zero-order chi connectivity index (χ0) is 18.6. The van der Waals surface area contributed by atoms with Crippen LogP contribution in [0.1, 0.15) is 55.3 Å². The lowest BCUT2D eigenvalue weighted by Crippen LogP contribution is -2.48. The van der Waals surface area contributed by atoms with Crippen molar-refractivity contribution in [3.8, 4) is 0 Å². The molecule has 0 radical (unpaired) electrons. The van der Waals surface area contributed by atoms with Crippen LogP contribution in [0.15, 0.2) is 36.5 Å². The predicted octanol–water partition coefficient (Wildman–Crippen LogP) is 3.19. The lowest BCUT2D eigenvalue weighted by molar-refractivity contribution is -0.137. The number of benzene rings is 1. The Hall–Kier alpha value is -2.14. The van der Waals surface area contributed by atoms with E-state index < -0.39 is 0 Å². The maximum absolute atomic E-state index is 12.9. The highest BCUT2D eigenvalue weighted by atomic mass is 16.2. The number of aromatic nitrogens is 2. The van der Waals surface area contributed by atoms with E-state index in [-0.39, 0.29) is 6.04 Å². The number of H-pyrrole nitrogens is 1. The quantitative estimate of drug-likeness (QED) is 0.884. The van der Waals surface area contributed by atoms with Crippen molar-refractivity contribution in [1.29, 1.82) is 0 Å². The van der Waals surface area contributed by atoms with E-state index in [0.29, 0.717) is 11.8 Å². The van der Waals surface area contributed by atoms with Crippen molar-refractivity contribution in [3.63, 3.8) is 0 Å². The van der Waals surface area contributed by atoms with Crippen molar-refractivity contribution >= 4 is 5.91 Å². The standard InChI is InChI=1S/C22H30N4O/c1-17(25-11-5-6-12-25)22(27)26-13-9-19(10-14-26)21-20(16-23-24-21)15-18-7-3-2-4-8-18/h2-4,7-8,16-17,19H,5-6,9-15H2,1H3,(H,23,24). The van der Waals surface area contributed by atoms with Gasteiger partial charge < -0.3 is 4.90 Å². The number of amides is 1. The van der Waals surface area contributed by atoms with E-state index in [1.165, 1.54) is 29.7 Å². The molecular weight excluding hydrogens is 336 g/mol. The molecule has 1 aromatic carbocycles. The smallest absolute Gasteiger partial charge is 0.239 e. The van der Waals surface area contributed by atoms with Crippen molar-refractivity contribution in [3.05, 3.63) is 53.3 Å². The van der Waals surface area contributed by atoms with E-state index in [9.17, 15) is 4.79 Å². The number of aromatic amines is 1. The van der Waals surface area contributed by atoms with Gasteiger partial charge in [-0.15, -0.1) is 0 Å². The summed E-state index contributed by atoms with van der Waals surface area (Å²) in [6.45, 7) is 5.92. The minimum Gasteiger partial charge on any atom is -0.341 e. The highest BCUT2D eigenvalue weighted by molar-refractivity contribution is 5.81. The Morgan fingerprint density at radius 3 is 2.56 bits per heavy atom. The van der Waals surface area contributed by atoms with E-state index in [1.54, 1.807) is 0 Å². The fourth-order valence-corrected chi connectivity index (χ4v) is 4.57. The second-order valence-corrected chi connectivity index (χ2v) is 7.99. The molecule has 0 saturated carbocycles. The average molecular weight is 367 g/mol. The molecule has 2 aliphatic heterocycles. The third-order valence-electron chi connectivity index (χ3n) is 6.25. The Morgan fingerprint density at radius 1 is 1.15 bits per heavy atom. The number of likely N-dealkylation sites (tertiary alicyclic amines) is 2. The van der Waals surface area contributed by atoms with E-state index in [4.69, 9.17) is 0 Å². The highest BCUT2D eigenvalue weighted by Gasteiger charge is 2.31. The molecule has 2 aliphatic rings. The van der Waals surface area contributed by atoms with Crippen LogP contribution < -0.4 is 0 Å². The van der Waals surface area contributed by atoms with Crippen LogP contribution in [0, 0.1) is 0 Å². The maximum Gasteiger partial charge on any atom is 0.239 e. The fraction of sp³-hybridized carbons (Fsp3) is 0.545. The van der Waals surface area contributed by atoms with Gasteiger partial charge in [-0.2, -0.15) is 5.10 Å². The SMILES string of the molecule is CC(C(=O)N1CCC(c2[nH]ncc2Cc2ccccc2)CC1)N1CCCC1. The van der Waals surface area contributed by atoms with Gasteiger partial charge in [-0.3, -0.25) is 14.8 Å². The molecule has 0 aliphatic carbocycles. The number of hydrogen-bond donors (Lipinski definition) is 1. The number of carbonyl (C=O) groups is 1. The van der Waals surface area contributed by atoms with E-state index in [2.05, 4.69) is 57.3 Å². The summed E-state index contributed by atoms with van der Waals surface area (Å²) in [6, 6.07) is 10.6. The molecule has 2 aromatic rings. The number of piperidine rings is 1. The zero-order valence-corrected chi connectivity index (χ0v) is 16.2. The van der Waals surface area contributed by atoms with Gasteiger partial charge in [0.25, 0.3) is 0 Å². The van der Waals surface area contributed by atoms with Gasteiger partial charge >= 0.3 is 0 Å². The molecule has 144 valence electrons. The van der Waals surface area contributed by atoms with E-state index in [0.717, 1.165) is 45.4 Å². The van der Waals surface area contributed by atoms with Gasteiger partial charge in [0.1, 0.15) is 0 Å². The summed E-state index contributed by atoms with van der Waals surface area (Å²) >= 11 is 0. The molecule has 2 fully saturated rings. The lowest BCUT2D eigenvalue weighted by atomic mass is 9.89. The van der Waals surface area contributed by atoms with Gasteiger partial charge in [0, 0.05) is 31.1 Å². The Balaban J connectivity index is 1.36. The molecule has 0 bridgehead atoms. The molecule has 1 atom stereocenters. The minimum atomic E-state index is 0.0323. The van der Waals surface area contributed by atoms with Gasteiger partial charge in [0.05, 0.1) is 12.2 Å². The molecule has 27 heavy (non-hydrogen) atoms. The monoisotopic (exact) mass is 366 g/mol. The van der Waals surface area contributed by atoms with Crippen LogP contribution in [0.4, 0.5) is 0 Å². The van der Waals surface area contributed by atoms with Crippen LogP contribution in [0.5, 0.6) is 0 Å². The van der Waals surface area contributed by atoms with Crippen LogP contribution >= 0.6 is 0 Å². The summed E-state index contributed by atoms with van der Waals surface area (Å²) in [7, 11) is 0. The molecule has 3 heterocycles. The maximum atomic E-state index is 12.9.